The summed E-state index contributed by atoms with van der Waals surface area (Å²) >= 11 is 0. The van der Waals surface area contributed by atoms with Crippen molar-refractivity contribution in [2.45, 2.75) is 53.0 Å². The zero-order valence-electron chi connectivity index (χ0n) is 18.0. The third-order valence-corrected chi connectivity index (χ3v) is 7.29. The van der Waals surface area contributed by atoms with Gasteiger partial charge in [-0.2, -0.15) is 0 Å². The highest BCUT2D eigenvalue weighted by Crippen LogP contribution is 2.56. The molecule has 0 radical (unpaired) electrons. The summed E-state index contributed by atoms with van der Waals surface area (Å²) in [5, 5.41) is 0. The van der Waals surface area contributed by atoms with Crippen LogP contribution in [0.25, 0.3) is 0 Å². The monoisotopic (exact) mass is 411 g/mol. The van der Waals surface area contributed by atoms with E-state index in [1.165, 1.54) is 0 Å². The number of esters is 1. The molecule has 3 aliphatic rings. The molecule has 1 aliphatic heterocycles. The Morgan fingerprint density at radius 3 is 2.17 bits per heavy atom. The molecular formula is C24H29NO5. The zero-order valence-corrected chi connectivity index (χ0v) is 18.0. The van der Waals surface area contributed by atoms with Crippen LogP contribution in [-0.2, 0) is 19.1 Å². The molecule has 0 aromatic heterocycles. The van der Waals surface area contributed by atoms with E-state index >= 15 is 0 Å². The normalized spacial score (nSPS) is 28.2. The lowest BCUT2D eigenvalue weighted by Crippen LogP contribution is -2.50. The summed E-state index contributed by atoms with van der Waals surface area (Å²) in [6.45, 7) is 7.06. The van der Waals surface area contributed by atoms with E-state index in [0.717, 1.165) is 35.3 Å². The van der Waals surface area contributed by atoms with Crippen molar-refractivity contribution < 1.29 is 23.9 Å². The van der Waals surface area contributed by atoms with Gasteiger partial charge in [0.2, 0.25) is 11.8 Å². The second kappa shape index (κ2) is 7.64. The third kappa shape index (κ3) is 3.26. The largest absolute Gasteiger partial charge is 0.456 e. The van der Waals surface area contributed by atoms with Gasteiger partial charge in [0.25, 0.3) is 0 Å². The maximum atomic E-state index is 13.1. The first-order valence-corrected chi connectivity index (χ1v) is 10.8. The average molecular weight is 411 g/mol. The average Bonchev–Trinajstić information content (AvgIpc) is 3.38. The van der Waals surface area contributed by atoms with Crippen LogP contribution in [0.3, 0.4) is 0 Å². The van der Waals surface area contributed by atoms with Crippen molar-refractivity contribution in [3.63, 3.8) is 0 Å². The molecule has 5 unspecified atom stereocenters. The van der Waals surface area contributed by atoms with Crippen molar-refractivity contribution in [3.05, 3.63) is 34.9 Å². The number of carbonyl (C=O) groups excluding carboxylic acids is 4. The minimum Gasteiger partial charge on any atom is -0.456 e. The fourth-order valence-corrected chi connectivity index (χ4v) is 5.60. The number of carbonyl (C=O) groups is 4. The standard InChI is InChI=1S/C24H29NO5/c1-12(2)21(24(29)30-11-18(26)15-6-5-13(3)14(4)9-15)25-22(27)19-16-7-8-17(10-16)20(19)23(25)28/h5-6,9,12,16-17,19-21H,7-8,10-11H2,1-4H3. The molecule has 1 aromatic carbocycles. The first-order chi connectivity index (χ1) is 14.2. The molecule has 3 fully saturated rings. The molecule has 6 heteroatoms. The number of fused-ring (bicyclic) bond motifs is 5. The highest BCUT2D eigenvalue weighted by atomic mass is 16.5. The highest BCUT2D eigenvalue weighted by molar-refractivity contribution is 6.09. The van der Waals surface area contributed by atoms with Gasteiger partial charge < -0.3 is 4.74 Å². The summed E-state index contributed by atoms with van der Waals surface area (Å²) in [4.78, 5) is 52.7. The Morgan fingerprint density at radius 2 is 1.63 bits per heavy atom. The number of Topliss-reactive ketones (excluding diaryl/α,β-unsaturated/α-hetero) is 1. The number of benzene rings is 1. The number of hydrogen-bond acceptors (Lipinski definition) is 5. The fourth-order valence-electron chi connectivity index (χ4n) is 5.60. The zero-order chi connectivity index (χ0) is 21.7. The van der Waals surface area contributed by atoms with Gasteiger partial charge in [-0.3, -0.25) is 19.3 Å². The number of likely N-dealkylation sites (tertiary alicyclic amines) is 1. The van der Waals surface area contributed by atoms with Crippen LogP contribution in [0.4, 0.5) is 0 Å². The quantitative estimate of drug-likeness (QED) is 0.408. The molecule has 2 saturated carbocycles. The highest BCUT2D eigenvalue weighted by Gasteiger charge is 2.62. The first kappa shape index (κ1) is 20.8. The Labute approximate surface area is 177 Å². The van der Waals surface area contributed by atoms with E-state index in [2.05, 4.69) is 0 Å². The maximum Gasteiger partial charge on any atom is 0.330 e. The van der Waals surface area contributed by atoms with Crippen molar-refractivity contribution in [1.82, 2.24) is 4.90 Å². The summed E-state index contributed by atoms with van der Waals surface area (Å²) < 4.78 is 5.32. The van der Waals surface area contributed by atoms with Crippen LogP contribution < -0.4 is 0 Å². The molecule has 1 heterocycles. The van der Waals surface area contributed by atoms with E-state index in [1.807, 2.05) is 19.9 Å². The fraction of sp³-hybridized carbons (Fsp3) is 0.583. The maximum absolute atomic E-state index is 13.1. The molecule has 2 aliphatic carbocycles. The number of aryl methyl sites for hydroxylation is 2. The number of amides is 2. The van der Waals surface area contributed by atoms with E-state index < -0.39 is 18.6 Å². The van der Waals surface area contributed by atoms with Crippen molar-refractivity contribution in [3.8, 4) is 0 Å². The van der Waals surface area contributed by atoms with E-state index in [0.29, 0.717) is 5.56 Å². The number of hydrogen-bond donors (Lipinski definition) is 0. The van der Waals surface area contributed by atoms with Gasteiger partial charge in [0.15, 0.2) is 12.4 Å². The minimum atomic E-state index is -0.984. The van der Waals surface area contributed by atoms with Crippen molar-refractivity contribution in [1.29, 1.82) is 0 Å². The van der Waals surface area contributed by atoms with Crippen LogP contribution in [0, 0.1) is 43.4 Å². The SMILES string of the molecule is Cc1ccc(C(=O)COC(=O)C(C(C)C)N2C(=O)C3C4CCC(C4)C3C2=O)cc1C. The lowest BCUT2D eigenvalue weighted by molar-refractivity contribution is -0.160. The summed E-state index contributed by atoms with van der Waals surface area (Å²) in [5.74, 6) is -1.77. The van der Waals surface area contributed by atoms with Crippen LogP contribution in [0.2, 0.25) is 0 Å². The van der Waals surface area contributed by atoms with E-state index in [4.69, 9.17) is 4.74 Å². The van der Waals surface area contributed by atoms with Gasteiger partial charge in [-0.15, -0.1) is 0 Å². The van der Waals surface area contributed by atoms with Gasteiger partial charge in [-0.1, -0.05) is 26.0 Å². The Hall–Kier alpha value is -2.50. The second-order valence-corrected chi connectivity index (χ2v) is 9.45. The topological polar surface area (TPSA) is 80.8 Å². The van der Waals surface area contributed by atoms with Gasteiger partial charge in [0, 0.05) is 5.56 Å². The molecule has 0 N–H and O–H groups in total. The molecule has 0 spiro atoms. The lowest BCUT2D eigenvalue weighted by atomic mass is 9.81. The second-order valence-electron chi connectivity index (χ2n) is 9.45. The van der Waals surface area contributed by atoms with Gasteiger partial charge >= 0.3 is 5.97 Å². The summed E-state index contributed by atoms with van der Waals surface area (Å²) in [5.41, 5.74) is 2.54. The number of ether oxygens (including phenoxy) is 1. The molecule has 160 valence electrons. The van der Waals surface area contributed by atoms with Crippen LogP contribution in [0.5, 0.6) is 0 Å². The Balaban J connectivity index is 1.47. The summed E-state index contributed by atoms with van der Waals surface area (Å²) in [7, 11) is 0. The molecule has 2 bridgehead atoms. The summed E-state index contributed by atoms with van der Waals surface area (Å²) in [6.07, 6.45) is 2.92. The Bertz CT molecular complexity index is 892. The first-order valence-electron chi connectivity index (χ1n) is 10.8. The predicted molar refractivity (Wildman–Crippen MR) is 109 cm³/mol. The van der Waals surface area contributed by atoms with Crippen LogP contribution in [-0.4, -0.2) is 41.1 Å². The van der Waals surface area contributed by atoms with Gasteiger partial charge in [0.1, 0.15) is 6.04 Å². The van der Waals surface area contributed by atoms with Crippen LogP contribution in [0.15, 0.2) is 18.2 Å². The van der Waals surface area contributed by atoms with Gasteiger partial charge in [0.05, 0.1) is 11.8 Å². The number of ketones is 1. The van der Waals surface area contributed by atoms with E-state index in [9.17, 15) is 19.2 Å². The molecule has 30 heavy (non-hydrogen) atoms. The minimum absolute atomic E-state index is 0.228. The predicted octanol–water partition coefficient (Wildman–Crippen LogP) is 3.09. The van der Waals surface area contributed by atoms with Crippen molar-refractivity contribution in [2.75, 3.05) is 6.61 Å². The molecular weight excluding hydrogens is 382 g/mol. The molecule has 5 atom stereocenters. The number of imide groups is 1. The lowest BCUT2D eigenvalue weighted by Gasteiger charge is -2.28. The van der Waals surface area contributed by atoms with Gasteiger partial charge in [-0.25, -0.2) is 4.79 Å². The Kier molecular flexibility index (Phi) is 5.28. The smallest absolute Gasteiger partial charge is 0.330 e. The Morgan fingerprint density at radius 1 is 1.03 bits per heavy atom. The van der Waals surface area contributed by atoms with Crippen LogP contribution in [0.1, 0.15) is 54.6 Å². The molecule has 1 saturated heterocycles. The van der Waals surface area contributed by atoms with Crippen molar-refractivity contribution >= 4 is 23.6 Å². The molecule has 6 nitrogen and oxygen atoms in total. The number of rotatable bonds is 6. The summed E-state index contributed by atoms with van der Waals surface area (Å²) in [6, 6.07) is 4.36. The molecule has 4 rings (SSSR count). The van der Waals surface area contributed by atoms with Gasteiger partial charge in [-0.05, 0) is 68.1 Å². The van der Waals surface area contributed by atoms with E-state index in [-0.39, 0.29) is 47.2 Å². The van der Waals surface area contributed by atoms with Crippen molar-refractivity contribution in [2.24, 2.45) is 29.6 Å². The number of nitrogens with zero attached hydrogens (tertiary/aromatic N) is 1. The van der Waals surface area contributed by atoms with Crippen LogP contribution >= 0.6 is 0 Å². The molecule has 2 amide bonds. The van der Waals surface area contributed by atoms with E-state index in [1.54, 1.807) is 26.0 Å². The third-order valence-electron chi connectivity index (χ3n) is 7.29. The molecule has 1 aromatic rings.